The summed E-state index contributed by atoms with van der Waals surface area (Å²) < 4.78 is 19.0. The number of benzene rings is 1. The molecule has 2 N–H and O–H groups in total. The van der Waals surface area contributed by atoms with Crippen molar-refractivity contribution in [2.75, 3.05) is 30.3 Å². The minimum atomic E-state index is -0.567. The summed E-state index contributed by atoms with van der Waals surface area (Å²) in [6.07, 6.45) is 1.28. The van der Waals surface area contributed by atoms with Crippen LogP contribution in [0, 0.1) is 5.82 Å². The maximum absolute atomic E-state index is 13.6. The average molecular weight is 386 g/mol. The van der Waals surface area contributed by atoms with Gasteiger partial charge in [0.1, 0.15) is 18.1 Å². The number of nitrogens with zero attached hydrogens (tertiary/aromatic N) is 2. The van der Waals surface area contributed by atoms with Crippen LogP contribution in [0.15, 0.2) is 42.6 Å². The molecule has 3 rings (SSSR count). The van der Waals surface area contributed by atoms with Crippen LogP contribution in [0.2, 0.25) is 0 Å². The zero-order valence-corrected chi connectivity index (χ0v) is 15.1. The number of anilines is 2. The van der Waals surface area contributed by atoms with Crippen molar-refractivity contribution < 1.29 is 23.5 Å². The van der Waals surface area contributed by atoms with Crippen molar-refractivity contribution in [3.8, 4) is 0 Å². The van der Waals surface area contributed by atoms with E-state index in [4.69, 9.17) is 4.74 Å². The second kappa shape index (κ2) is 8.57. The minimum Gasteiger partial charge on any atom is -0.365 e. The molecular weight excluding hydrogens is 367 g/mol. The quantitative estimate of drug-likeness (QED) is 0.786. The van der Waals surface area contributed by atoms with E-state index in [9.17, 15) is 18.8 Å². The van der Waals surface area contributed by atoms with Gasteiger partial charge in [-0.2, -0.15) is 0 Å². The fourth-order valence-electron chi connectivity index (χ4n) is 2.59. The lowest BCUT2D eigenvalue weighted by Gasteiger charge is -2.38. The number of ether oxygens (including phenoxy) is 1. The van der Waals surface area contributed by atoms with Crippen molar-refractivity contribution >= 4 is 29.1 Å². The Morgan fingerprint density at radius 1 is 1.18 bits per heavy atom. The molecule has 0 bridgehead atoms. The van der Waals surface area contributed by atoms with E-state index in [0.717, 1.165) is 6.07 Å². The highest BCUT2D eigenvalue weighted by Crippen LogP contribution is 2.23. The molecule has 1 fully saturated rings. The van der Waals surface area contributed by atoms with Gasteiger partial charge in [0.15, 0.2) is 0 Å². The smallest absolute Gasteiger partial charge is 0.274 e. The molecule has 0 aliphatic carbocycles. The molecule has 9 heteroatoms. The van der Waals surface area contributed by atoms with E-state index in [2.05, 4.69) is 15.6 Å². The van der Waals surface area contributed by atoms with E-state index < -0.39 is 17.6 Å². The molecule has 2 heterocycles. The van der Waals surface area contributed by atoms with Crippen molar-refractivity contribution in [1.82, 2.24) is 9.88 Å². The van der Waals surface area contributed by atoms with Gasteiger partial charge in [-0.15, -0.1) is 0 Å². The summed E-state index contributed by atoms with van der Waals surface area (Å²) >= 11 is 0. The fourth-order valence-corrected chi connectivity index (χ4v) is 2.59. The van der Waals surface area contributed by atoms with Gasteiger partial charge in [-0.05, 0) is 30.3 Å². The molecule has 0 saturated carbocycles. The number of aromatic nitrogens is 1. The first kappa shape index (κ1) is 19.4. The SMILES string of the molecule is CC(=O)N1CC(OCC(=O)Nc2cc(F)ccc2NC(=O)c2ccccn2)C1. The zero-order valence-electron chi connectivity index (χ0n) is 15.1. The third kappa shape index (κ3) is 4.89. The van der Waals surface area contributed by atoms with Gasteiger partial charge in [-0.1, -0.05) is 6.07 Å². The number of halogens is 1. The second-order valence-corrected chi connectivity index (χ2v) is 6.26. The fraction of sp³-hybridized carbons (Fsp3) is 0.263. The Balaban J connectivity index is 1.58. The van der Waals surface area contributed by atoms with Gasteiger partial charge in [0.25, 0.3) is 5.91 Å². The summed E-state index contributed by atoms with van der Waals surface area (Å²) in [5.41, 5.74) is 0.529. The summed E-state index contributed by atoms with van der Waals surface area (Å²) in [6, 6.07) is 8.51. The van der Waals surface area contributed by atoms with E-state index >= 15 is 0 Å². The lowest BCUT2D eigenvalue weighted by Crippen LogP contribution is -2.54. The molecule has 1 saturated heterocycles. The highest BCUT2D eigenvalue weighted by atomic mass is 19.1. The lowest BCUT2D eigenvalue weighted by molar-refractivity contribution is -0.144. The molecule has 1 aliphatic heterocycles. The molecule has 0 spiro atoms. The number of likely N-dealkylation sites (tertiary alicyclic amines) is 1. The maximum Gasteiger partial charge on any atom is 0.274 e. The first-order chi connectivity index (χ1) is 13.4. The highest BCUT2D eigenvalue weighted by molar-refractivity contribution is 6.06. The van der Waals surface area contributed by atoms with E-state index in [0.29, 0.717) is 13.1 Å². The van der Waals surface area contributed by atoms with E-state index in [1.165, 1.54) is 31.3 Å². The van der Waals surface area contributed by atoms with Crippen LogP contribution >= 0.6 is 0 Å². The largest absolute Gasteiger partial charge is 0.365 e. The molecule has 1 aromatic carbocycles. The predicted molar refractivity (Wildman–Crippen MR) is 99.2 cm³/mol. The van der Waals surface area contributed by atoms with Crippen LogP contribution in [-0.2, 0) is 14.3 Å². The van der Waals surface area contributed by atoms with Crippen LogP contribution in [0.5, 0.6) is 0 Å². The molecule has 146 valence electrons. The highest BCUT2D eigenvalue weighted by Gasteiger charge is 2.29. The number of nitrogens with one attached hydrogen (secondary N) is 2. The summed E-state index contributed by atoms with van der Waals surface area (Å²) in [6.45, 7) is 2.09. The number of carbonyl (C=O) groups is 3. The van der Waals surface area contributed by atoms with E-state index in [1.807, 2.05) is 0 Å². The van der Waals surface area contributed by atoms with Gasteiger partial charge < -0.3 is 20.3 Å². The number of amides is 3. The van der Waals surface area contributed by atoms with Crippen LogP contribution in [0.3, 0.4) is 0 Å². The van der Waals surface area contributed by atoms with Gasteiger partial charge in [-0.25, -0.2) is 4.39 Å². The third-order valence-corrected chi connectivity index (χ3v) is 4.14. The number of hydrogen-bond donors (Lipinski definition) is 2. The Kier molecular flexibility index (Phi) is 5.95. The second-order valence-electron chi connectivity index (χ2n) is 6.26. The summed E-state index contributed by atoms with van der Waals surface area (Å²) in [7, 11) is 0. The molecule has 2 aromatic rings. The monoisotopic (exact) mass is 386 g/mol. The third-order valence-electron chi connectivity index (χ3n) is 4.14. The van der Waals surface area contributed by atoms with E-state index in [1.54, 1.807) is 17.0 Å². The summed E-state index contributed by atoms with van der Waals surface area (Å²) in [5.74, 6) is -1.60. The Labute approximate surface area is 160 Å². The van der Waals surface area contributed by atoms with Crippen LogP contribution in [0.1, 0.15) is 17.4 Å². The normalized spacial score (nSPS) is 13.6. The van der Waals surface area contributed by atoms with Crippen molar-refractivity contribution in [3.05, 3.63) is 54.1 Å². The zero-order chi connectivity index (χ0) is 20.1. The molecule has 1 aliphatic rings. The summed E-state index contributed by atoms with van der Waals surface area (Å²) in [4.78, 5) is 41.0. The van der Waals surface area contributed by atoms with Crippen molar-refractivity contribution in [1.29, 1.82) is 0 Å². The number of carbonyl (C=O) groups excluding carboxylic acids is 3. The lowest BCUT2D eigenvalue weighted by atomic mass is 10.2. The molecule has 1 aromatic heterocycles. The number of hydrogen-bond acceptors (Lipinski definition) is 5. The van der Waals surface area contributed by atoms with Crippen LogP contribution in [0.25, 0.3) is 0 Å². The topological polar surface area (TPSA) is 101 Å². The molecule has 3 amide bonds. The minimum absolute atomic E-state index is 0.0441. The summed E-state index contributed by atoms with van der Waals surface area (Å²) in [5, 5.41) is 5.12. The van der Waals surface area contributed by atoms with Crippen molar-refractivity contribution in [3.63, 3.8) is 0 Å². The van der Waals surface area contributed by atoms with Gasteiger partial charge in [-0.3, -0.25) is 19.4 Å². The van der Waals surface area contributed by atoms with Crippen molar-refractivity contribution in [2.45, 2.75) is 13.0 Å². The Morgan fingerprint density at radius 2 is 1.96 bits per heavy atom. The van der Waals surface area contributed by atoms with Gasteiger partial charge in [0, 0.05) is 26.2 Å². The predicted octanol–water partition coefficient (Wildman–Crippen LogP) is 1.66. The van der Waals surface area contributed by atoms with Gasteiger partial charge in [0.05, 0.1) is 17.5 Å². The van der Waals surface area contributed by atoms with Crippen LogP contribution in [-0.4, -0.2) is 53.4 Å². The van der Waals surface area contributed by atoms with Crippen LogP contribution in [0.4, 0.5) is 15.8 Å². The first-order valence-electron chi connectivity index (χ1n) is 8.61. The molecule has 0 atom stereocenters. The number of pyridine rings is 1. The standard InChI is InChI=1S/C19H19FN4O4/c1-12(25)24-9-14(10-24)28-11-18(26)22-17-8-13(20)5-6-15(17)23-19(27)16-4-2-3-7-21-16/h2-8,14H,9-11H2,1H3,(H,22,26)(H,23,27). The maximum atomic E-state index is 13.6. The molecule has 0 unspecified atom stereocenters. The average Bonchev–Trinajstić information content (AvgIpc) is 2.63. The van der Waals surface area contributed by atoms with E-state index in [-0.39, 0.29) is 35.7 Å². The Hall–Kier alpha value is -3.33. The molecule has 0 radical (unpaired) electrons. The molecule has 8 nitrogen and oxygen atoms in total. The Bertz CT molecular complexity index is 885. The van der Waals surface area contributed by atoms with Crippen molar-refractivity contribution in [2.24, 2.45) is 0 Å². The first-order valence-corrected chi connectivity index (χ1v) is 8.61. The van der Waals surface area contributed by atoms with Crippen LogP contribution < -0.4 is 10.6 Å². The Morgan fingerprint density at radius 3 is 2.64 bits per heavy atom. The van der Waals surface area contributed by atoms with Gasteiger partial charge >= 0.3 is 0 Å². The molecule has 28 heavy (non-hydrogen) atoms. The number of rotatable bonds is 6. The molecular formula is C19H19FN4O4. The van der Waals surface area contributed by atoms with Gasteiger partial charge in [0.2, 0.25) is 11.8 Å².